The van der Waals surface area contributed by atoms with Gasteiger partial charge >= 0.3 is 0 Å². The summed E-state index contributed by atoms with van der Waals surface area (Å²) in [4.78, 5) is 0. The molecule has 1 heterocycles. The number of aromatic hydroxyl groups is 2. The van der Waals surface area contributed by atoms with Gasteiger partial charge in [-0.1, -0.05) is 23.8 Å². The van der Waals surface area contributed by atoms with Crippen LogP contribution < -0.4 is 4.74 Å². The molecule has 3 heteroatoms. The highest BCUT2D eigenvalue weighted by atomic mass is 16.5. The fraction of sp³-hybridized carbons (Fsp3) is 0.300. The molecule has 2 N–H and O–H groups in total. The van der Waals surface area contributed by atoms with Crippen LogP contribution in [0.15, 0.2) is 48.0 Å². The van der Waals surface area contributed by atoms with Crippen LogP contribution in [0.1, 0.15) is 43.1 Å². The Labute approximate surface area is 136 Å². The minimum atomic E-state index is -0.0460. The molecule has 0 saturated carbocycles. The van der Waals surface area contributed by atoms with Crippen molar-refractivity contribution >= 4 is 0 Å². The van der Waals surface area contributed by atoms with Crippen LogP contribution in [-0.4, -0.2) is 10.2 Å². The molecule has 0 bridgehead atoms. The molecule has 1 aliphatic heterocycles. The van der Waals surface area contributed by atoms with Gasteiger partial charge in [0.2, 0.25) is 0 Å². The highest BCUT2D eigenvalue weighted by molar-refractivity contribution is 5.43. The van der Waals surface area contributed by atoms with Crippen LogP contribution in [0, 0.1) is 0 Å². The van der Waals surface area contributed by atoms with Gasteiger partial charge in [-0.2, -0.15) is 0 Å². The predicted molar refractivity (Wildman–Crippen MR) is 91.0 cm³/mol. The Morgan fingerprint density at radius 1 is 1.17 bits per heavy atom. The smallest absolute Gasteiger partial charge is 0.127 e. The average molecular weight is 310 g/mol. The van der Waals surface area contributed by atoms with Crippen molar-refractivity contribution in [3.63, 3.8) is 0 Å². The van der Waals surface area contributed by atoms with Gasteiger partial charge in [-0.05, 0) is 68.0 Å². The Morgan fingerprint density at radius 2 is 2.00 bits per heavy atom. The van der Waals surface area contributed by atoms with E-state index in [4.69, 9.17) is 4.74 Å². The van der Waals surface area contributed by atoms with E-state index in [0.717, 1.165) is 35.3 Å². The fourth-order valence-electron chi connectivity index (χ4n) is 2.88. The first-order valence-electron chi connectivity index (χ1n) is 7.96. The molecule has 1 atom stereocenters. The van der Waals surface area contributed by atoms with Gasteiger partial charge in [0.15, 0.2) is 0 Å². The average Bonchev–Trinajstić information content (AvgIpc) is 2.53. The molecule has 0 radical (unpaired) electrons. The Kier molecular flexibility index (Phi) is 4.28. The van der Waals surface area contributed by atoms with E-state index in [1.54, 1.807) is 18.2 Å². The largest absolute Gasteiger partial charge is 0.508 e. The van der Waals surface area contributed by atoms with Crippen molar-refractivity contribution in [2.75, 3.05) is 0 Å². The maximum absolute atomic E-state index is 10.0. The zero-order valence-corrected chi connectivity index (χ0v) is 13.5. The summed E-state index contributed by atoms with van der Waals surface area (Å²) >= 11 is 0. The minimum absolute atomic E-state index is 0.0460. The van der Waals surface area contributed by atoms with Gasteiger partial charge in [0.25, 0.3) is 0 Å². The second-order valence-corrected chi connectivity index (χ2v) is 6.31. The first kappa shape index (κ1) is 15.5. The molecule has 3 nitrogen and oxygen atoms in total. The van der Waals surface area contributed by atoms with Gasteiger partial charge in [0.1, 0.15) is 23.4 Å². The Morgan fingerprint density at radius 3 is 2.78 bits per heavy atom. The lowest BCUT2D eigenvalue weighted by molar-refractivity contribution is 0.176. The van der Waals surface area contributed by atoms with Crippen molar-refractivity contribution in [3.05, 3.63) is 64.7 Å². The van der Waals surface area contributed by atoms with Gasteiger partial charge in [-0.15, -0.1) is 0 Å². The Hall–Kier alpha value is -2.42. The molecule has 0 aliphatic carbocycles. The molecule has 0 amide bonds. The third-order valence-electron chi connectivity index (χ3n) is 4.20. The lowest BCUT2D eigenvalue weighted by Crippen LogP contribution is -2.15. The summed E-state index contributed by atoms with van der Waals surface area (Å²) in [6, 6.07) is 11.0. The van der Waals surface area contributed by atoms with Gasteiger partial charge in [-0.3, -0.25) is 0 Å². The van der Waals surface area contributed by atoms with Crippen LogP contribution in [0.25, 0.3) is 0 Å². The van der Waals surface area contributed by atoms with E-state index >= 15 is 0 Å². The molecule has 2 aromatic carbocycles. The molecular formula is C20H22O3. The highest BCUT2D eigenvalue weighted by Crippen LogP contribution is 2.37. The number of aryl methyl sites for hydroxylation is 1. The van der Waals surface area contributed by atoms with E-state index in [9.17, 15) is 10.2 Å². The van der Waals surface area contributed by atoms with Crippen molar-refractivity contribution in [3.8, 4) is 17.2 Å². The van der Waals surface area contributed by atoms with Crippen molar-refractivity contribution in [1.82, 2.24) is 0 Å². The maximum atomic E-state index is 10.0. The molecule has 2 aromatic rings. The fourth-order valence-corrected chi connectivity index (χ4v) is 2.88. The SMILES string of the molecule is CC(C)=CCc1cc([C@@H]2CCc3ccc(O)cc3O2)ccc1O. The van der Waals surface area contributed by atoms with Gasteiger partial charge in [0, 0.05) is 6.07 Å². The first-order valence-corrected chi connectivity index (χ1v) is 7.96. The molecule has 23 heavy (non-hydrogen) atoms. The van der Waals surface area contributed by atoms with Gasteiger partial charge in [-0.25, -0.2) is 0 Å². The topological polar surface area (TPSA) is 49.7 Å². The molecule has 0 unspecified atom stereocenters. The zero-order chi connectivity index (χ0) is 16.4. The number of allylic oxidation sites excluding steroid dienone is 2. The van der Waals surface area contributed by atoms with Crippen molar-refractivity contribution < 1.29 is 14.9 Å². The number of phenols is 2. The Bertz CT molecular complexity index is 743. The second kappa shape index (κ2) is 6.37. The highest BCUT2D eigenvalue weighted by Gasteiger charge is 2.22. The van der Waals surface area contributed by atoms with E-state index in [2.05, 4.69) is 19.9 Å². The third kappa shape index (κ3) is 3.50. The number of ether oxygens (including phenoxy) is 1. The van der Waals surface area contributed by atoms with Crippen LogP contribution >= 0.6 is 0 Å². The lowest BCUT2D eigenvalue weighted by Gasteiger charge is -2.27. The standard InChI is InChI=1S/C20H22O3/c1-13(2)3-4-15-11-16(6-9-18(15)22)19-10-7-14-5-8-17(21)12-20(14)23-19/h3,5-6,8-9,11-12,19,21-22H,4,7,10H2,1-2H3/t19-/m0/s1. The quantitative estimate of drug-likeness (QED) is 0.810. The van der Waals surface area contributed by atoms with Crippen LogP contribution in [0.5, 0.6) is 17.2 Å². The minimum Gasteiger partial charge on any atom is -0.508 e. The summed E-state index contributed by atoms with van der Waals surface area (Å²) in [6.07, 6.45) is 4.59. The van der Waals surface area contributed by atoms with Crippen molar-refractivity contribution in [1.29, 1.82) is 0 Å². The van der Waals surface area contributed by atoms with Crippen LogP contribution in [0.2, 0.25) is 0 Å². The van der Waals surface area contributed by atoms with E-state index in [0.29, 0.717) is 12.2 Å². The van der Waals surface area contributed by atoms with Crippen molar-refractivity contribution in [2.24, 2.45) is 0 Å². The van der Waals surface area contributed by atoms with Crippen LogP contribution in [0.4, 0.5) is 0 Å². The summed E-state index contributed by atoms with van der Waals surface area (Å²) in [5, 5.41) is 19.7. The van der Waals surface area contributed by atoms with E-state index in [-0.39, 0.29) is 11.9 Å². The monoisotopic (exact) mass is 310 g/mol. The molecular weight excluding hydrogens is 288 g/mol. The van der Waals surface area contributed by atoms with E-state index in [1.807, 2.05) is 18.2 Å². The van der Waals surface area contributed by atoms with E-state index < -0.39 is 0 Å². The molecule has 0 saturated heterocycles. The maximum Gasteiger partial charge on any atom is 0.127 e. The Balaban J connectivity index is 1.85. The van der Waals surface area contributed by atoms with Crippen molar-refractivity contribution in [2.45, 2.75) is 39.2 Å². The van der Waals surface area contributed by atoms with Crippen LogP contribution in [0.3, 0.4) is 0 Å². The predicted octanol–water partition coefficient (Wildman–Crippen LogP) is 4.67. The number of fused-ring (bicyclic) bond motifs is 1. The first-order chi connectivity index (χ1) is 11.0. The second-order valence-electron chi connectivity index (χ2n) is 6.31. The molecule has 0 fully saturated rings. The van der Waals surface area contributed by atoms with Gasteiger partial charge < -0.3 is 14.9 Å². The third-order valence-corrected chi connectivity index (χ3v) is 4.20. The number of benzene rings is 2. The van der Waals surface area contributed by atoms with E-state index in [1.165, 1.54) is 5.57 Å². The molecule has 3 rings (SSSR count). The summed E-state index contributed by atoms with van der Waals surface area (Å²) in [6.45, 7) is 4.10. The zero-order valence-electron chi connectivity index (χ0n) is 13.5. The molecule has 0 spiro atoms. The number of hydrogen-bond donors (Lipinski definition) is 2. The molecule has 1 aliphatic rings. The molecule has 120 valence electrons. The van der Waals surface area contributed by atoms with Gasteiger partial charge in [0.05, 0.1) is 0 Å². The summed E-state index contributed by atoms with van der Waals surface area (Å²) < 4.78 is 6.06. The number of hydrogen-bond acceptors (Lipinski definition) is 3. The normalized spacial score (nSPS) is 16.3. The summed E-state index contributed by atoms with van der Waals surface area (Å²) in [5.41, 5.74) is 4.33. The summed E-state index contributed by atoms with van der Waals surface area (Å²) in [5.74, 6) is 1.29. The summed E-state index contributed by atoms with van der Waals surface area (Å²) in [7, 11) is 0. The molecule has 0 aromatic heterocycles. The number of phenolic OH excluding ortho intramolecular Hbond substituents is 2. The lowest BCUT2D eigenvalue weighted by atomic mass is 9.95. The number of rotatable bonds is 3. The van der Waals surface area contributed by atoms with Crippen LogP contribution in [-0.2, 0) is 12.8 Å².